The average molecular weight is 433 g/mol. The Morgan fingerprint density at radius 3 is 2.55 bits per heavy atom. The normalized spacial score (nSPS) is 21.4. The van der Waals surface area contributed by atoms with Crippen LogP contribution in [0.4, 0.5) is 13.6 Å². The molecular formula is C22H25F2N3O4. The molecule has 7 nitrogen and oxygen atoms in total. The molecule has 2 N–H and O–H groups in total. The van der Waals surface area contributed by atoms with E-state index in [0.29, 0.717) is 45.9 Å². The van der Waals surface area contributed by atoms with Crippen molar-refractivity contribution in [1.82, 2.24) is 15.1 Å². The molecule has 166 valence electrons. The van der Waals surface area contributed by atoms with E-state index in [0.717, 1.165) is 23.4 Å². The highest BCUT2D eigenvalue weighted by Crippen LogP contribution is 2.23. The molecule has 31 heavy (non-hydrogen) atoms. The van der Waals surface area contributed by atoms with Crippen molar-refractivity contribution in [3.63, 3.8) is 0 Å². The van der Waals surface area contributed by atoms with Gasteiger partial charge in [-0.2, -0.15) is 0 Å². The number of aliphatic hydroxyl groups is 1. The third-order valence-electron chi connectivity index (χ3n) is 5.40. The summed E-state index contributed by atoms with van der Waals surface area (Å²) in [5.41, 5.74) is 1.05. The molecule has 2 aromatic carbocycles. The van der Waals surface area contributed by atoms with Crippen molar-refractivity contribution >= 4 is 6.03 Å². The number of amides is 2. The van der Waals surface area contributed by atoms with Gasteiger partial charge in [0.05, 0.1) is 6.54 Å². The van der Waals surface area contributed by atoms with Gasteiger partial charge in [-0.3, -0.25) is 4.90 Å². The molecule has 2 amide bonds. The number of nitrogens with one attached hydrogen (secondary N) is 1. The number of aliphatic hydroxyl groups excluding tert-OH is 1. The molecule has 0 aliphatic carbocycles. The molecule has 0 radical (unpaired) electrons. The highest BCUT2D eigenvalue weighted by atomic mass is 19.2. The molecule has 2 saturated heterocycles. The van der Waals surface area contributed by atoms with Gasteiger partial charge in [-0.1, -0.05) is 12.1 Å². The Bertz CT molecular complexity index is 912. The molecule has 0 saturated carbocycles. The lowest BCUT2D eigenvalue weighted by molar-refractivity contribution is 0.0733. The van der Waals surface area contributed by atoms with Crippen molar-refractivity contribution in [2.24, 2.45) is 0 Å². The molecule has 0 unspecified atom stereocenters. The summed E-state index contributed by atoms with van der Waals surface area (Å²) in [6, 6.07) is 10.9. The summed E-state index contributed by atoms with van der Waals surface area (Å²) in [6.07, 6.45) is -1.24. The molecule has 2 atom stereocenters. The fourth-order valence-electron chi connectivity index (χ4n) is 3.75. The van der Waals surface area contributed by atoms with Crippen molar-refractivity contribution in [1.29, 1.82) is 0 Å². The first kappa shape index (κ1) is 21.3. The number of urea groups is 1. The minimum absolute atomic E-state index is 0.0569. The Hall–Kier alpha value is -2.91. The summed E-state index contributed by atoms with van der Waals surface area (Å²) in [5.74, 6) is -0.996. The predicted octanol–water partition coefficient (Wildman–Crippen LogP) is 1.99. The second-order valence-electron chi connectivity index (χ2n) is 7.71. The van der Waals surface area contributed by atoms with Gasteiger partial charge >= 0.3 is 6.03 Å². The standard InChI is InChI=1S/C22H25F2N3O4/c23-18-6-5-17(11-19(18)24)31-21-14-26(13-20(21)28)12-15-1-3-16(4-2-15)30-10-9-27-8-7-25-22(27)29/h1-6,11,20-21,28H,7-10,12-14H2,(H,25,29)/t20-,21-/m0/s1. The van der Waals surface area contributed by atoms with Crippen molar-refractivity contribution < 1.29 is 28.2 Å². The molecule has 0 bridgehead atoms. The number of hydrogen-bond acceptors (Lipinski definition) is 5. The lowest BCUT2D eigenvalue weighted by Gasteiger charge is -2.17. The molecule has 0 aromatic heterocycles. The smallest absolute Gasteiger partial charge is 0.317 e. The predicted molar refractivity (Wildman–Crippen MR) is 109 cm³/mol. The van der Waals surface area contributed by atoms with Crippen LogP contribution in [0.25, 0.3) is 0 Å². The number of rotatable bonds is 8. The van der Waals surface area contributed by atoms with Crippen LogP contribution in [-0.2, 0) is 6.54 Å². The Morgan fingerprint density at radius 2 is 1.84 bits per heavy atom. The van der Waals surface area contributed by atoms with Crippen LogP contribution in [0.15, 0.2) is 42.5 Å². The second kappa shape index (κ2) is 9.49. The number of halogens is 2. The maximum atomic E-state index is 13.4. The fraction of sp³-hybridized carbons (Fsp3) is 0.409. The van der Waals surface area contributed by atoms with E-state index in [1.807, 2.05) is 29.2 Å². The topological polar surface area (TPSA) is 74.3 Å². The number of carbonyl (C=O) groups is 1. The van der Waals surface area contributed by atoms with E-state index < -0.39 is 23.8 Å². The maximum Gasteiger partial charge on any atom is 0.317 e. The van der Waals surface area contributed by atoms with E-state index in [-0.39, 0.29) is 11.8 Å². The first-order valence-corrected chi connectivity index (χ1v) is 10.2. The minimum Gasteiger partial charge on any atom is -0.492 e. The molecule has 2 aliphatic heterocycles. The zero-order chi connectivity index (χ0) is 21.8. The van der Waals surface area contributed by atoms with Crippen LogP contribution in [0.1, 0.15) is 5.56 Å². The zero-order valence-corrected chi connectivity index (χ0v) is 17.0. The van der Waals surface area contributed by atoms with Gasteiger partial charge in [-0.05, 0) is 29.8 Å². The first-order chi connectivity index (χ1) is 15.0. The summed E-state index contributed by atoms with van der Waals surface area (Å²) >= 11 is 0. The maximum absolute atomic E-state index is 13.4. The second-order valence-corrected chi connectivity index (χ2v) is 7.71. The van der Waals surface area contributed by atoms with E-state index in [1.54, 1.807) is 4.90 Å². The summed E-state index contributed by atoms with van der Waals surface area (Å²) in [6.45, 7) is 3.84. The zero-order valence-electron chi connectivity index (χ0n) is 17.0. The Labute approximate surface area is 179 Å². The van der Waals surface area contributed by atoms with Gasteiger partial charge in [-0.15, -0.1) is 0 Å². The van der Waals surface area contributed by atoms with Crippen LogP contribution >= 0.6 is 0 Å². The van der Waals surface area contributed by atoms with Crippen LogP contribution in [0.3, 0.4) is 0 Å². The highest BCUT2D eigenvalue weighted by molar-refractivity contribution is 5.76. The van der Waals surface area contributed by atoms with Crippen LogP contribution < -0.4 is 14.8 Å². The van der Waals surface area contributed by atoms with Gasteiger partial charge in [0.1, 0.15) is 30.3 Å². The minimum atomic E-state index is -0.979. The van der Waals surface area contributed by atoms with Gasteiger partial charge in [0, 0.05) is 38.8 Å². The Kier molecular flexibility index (Phi) is 6.53. The molecule has 2 heterocycles. The van der Waals surface area contributed by atoms with Crippen LogP contribution in [0.5, 0.6) is 11.5 Å². The summed E-state index contributed by atoms with van der Waals surface area (Å²) < 4.78 is 37.8. The first-order valence-electron chi connectivity index (χ1n) is 10.2. The van der Waals surface area contributed by atoms with Gasteiger partial charge in [-0.25, -0.2) is 13.6 Å². The van der Waals surface area contributed by atoms with Gasteiger partial charge in [0.15, 0.2) is 11.6 Å². The molecule has 9 heteroatoms. The van der Waals surface area contributed by atoms with E-state index in [9.17, 15) is 18.7 Å². The van der Waals surface area contributed by atoms with Crippen molar-refractivity contribution in [3.8, 4) is 11.5 Å². The quantitative estimate of drug-likeness (QED) is 0.666. The lowest BCUT2D eigenvalue weighted by Crippen LogP contribution is -2.31. The van der Waals surface area contributed by atoms with Crippen molar-refractivity contribution in [2.75, 3.05) is 39.3 Å². The number of likely N-dealkylation sites (tertiary alicyclic amines) is 1. The molecule has 0 spiro atoms. The number of hydrogen-bond donors (Lipinski definition) is 2. The van der Waals surface area contributed by atoms with Crippen LogP contribution in [0.2, 0.25) is 0 Å². The summed E-state index contributed by atoms with van der Waals surface area (Å²) in [5, 5.41) is 13.0. The SMILES string of the molecule is O=C1NCCN1CCOc1ccc(CN2C[C@H](Oc3ccc(F)c(F)c3)[C@@H](O)C2)cc1. The van der Waals surface area contributed by atoms with Gasteiger partial charge in [0.25, 0.3) is 0 Å². The number of benzene rings is 2. The summed E-state index contributed by atoms with van der Waals surface area (Å²) in [4.78, 5) is 15.3. The molecule has 2 aliphatic rings. The number of β-amino-alcohol motifs (C(OH)–C–C–N with tert-alkyl or cyclic N) is 1. The van der Waals surface area contributed by atoms with Crippen molar-refractivity contribution in [3.05, 3.63) is 59.7 Å². The number of carbonyl (C=O) groups excluding carboxylic acids is 1. The average Bonchev–Trinajstić information content (AvgIpc) is 3.31. The Morgan fingerprint density at radius 1 is 1.06 bits per heavy atom. The third kappa shape index (κ3) is 5.42. The Balaban J connectivity index is 1.24. The lowest BCUT2D eigenvalue weighted by atomic mass is 10.2. The molecule has 2 aromatic rings. The molecule has 4 rings (SSSR count). The number of nitrogens with zero attached hydrogens (tertiary/aromatic N) is 2. The van der Waals surface area contributed by atoms with E-state index in [4.69, 9.17) is 9.47 Å². The van der Waals surface area contributed by atoms with Gasteiger partial charge < -0.3 is 24.8 Å². The molecule has 2 fully saturated rings. The van der Waals surface area contributed by atoms with E-state index >= 15 is 0 Å². The van der Waals surface area contributed by atoms with E-state index in [1.165, 1.54) is 6.07 Å². The summed E-state index contributed by atoms with van der Waals surface area (Å²) in [7, 11) is 0. The highest BCUT2D eigenvalue weighted by Gasteiger charge is 2.33. The van der Waals surface area contributed by atoms with Crippen LogP contribution in [0, 0.1) is 11.6 Å². The molecular weight excluding hydrogens is 408 g/mol. The van der Waals surface area contributed by atoms with Crippen molar-refractivity contribution in [2.45, 2.75) is 18.8 Å². The third-order valence-corrected chi connectivity index (χ3v) is 5.40. The van der Waals surface area contributed by atoms with E-state index in [2.05, 4.69) is 5.32 Å². The fourth-order valence-corrected chi connectivity index (χ4v) is 3.75. The largest absolute Gasteiger partial charge is 0.492 e. The van der Waals surface area contributed by atoms with Crippen LogP contribution in [-0.4, -0.2) is 72.5 Å². The number of ether oxygens (including phenoxy) is 2. The van der Waals surface area contributed by atoms with Gasteiger partial charge in [0.2, 0.25) is 0 Å². The monoisotopic (exact) mass is 433 g/mol.